The monoisotopic (exact) mass is 343 g/mol. The fourth-order valence-corrected chi connectivity index (χ4v) is 3.15. The van der Waals surface area contributed by atoms with Crippen LogP contribution in [0.1, 0.15) is 41.2 Å². The molecule has 2 rings (SSSR count). The van der Waals surface area contributed by atoms with E-state index in [1.54, 1.807) is 0 Å². The van der Waals surface area contributed by atoms with Crippen molar-refractivity contribution in [1.29, 1.82) is 0 Å². The first-order valence-corrected chi connectivity index (χ1v) is 7.33. The summed E-state index contributed by atoms with van der Waals surface area (Å²) in [6.07, 6.45) is -0.320. The van der Waals surface area contributed by atoms with Crippen molar-refractivity contribution >= 4 is 29.7 Å². The molecule has 0 radical (unpaired) electrons. The summed E-state index contributed by atoms with van der Waals surface area (Å²) in [6.45, 7) is 0.284. The Labute approximate surface area is 130 Å². The van der Waals surface area contributed by atoms with E-state index in [2.05, 4.69) is 10.3 Å². The van der Waals surface area contributed by atoms with Crippen LogP contribution in [-0.2, 0) is 6.18 Å². The van der Waals surface area contributed by atoms with Gasteiger partial charge in [-0.2, -0.15) is 13.2 Å². The summed E-state index contributed by atoms with van der Waals surface area (Å²) in [7, 11) is 0. The predicted molar refractivity (Wildman–Crippen MR) is 76.6 cm³/mol. The Morgan fingerprint density at radius 1 is 1.48 bits per heavy atom. The lowest BCUT2D eigenvalue weighted by atomic mass is 9.98. The van der Waals surface area contributed by atoms with E-state index in [1.807, 2.05) is 0 Å². The maximum Gasteiger partial charge on any atom is 0.443 e. The number of nitrogens with zero attached hydrogens (tertiary/aromatic N) is 1. The zero-order chi connectivity index (χ0) is 14.8. The van der Waals surface area contributed by atoms with E-state index in [0.29, 0.717) is 17.3 Å². The highest BCUT2D eigenvalue weighted by Crippen LogP contribution is 2.32. The van der Waals surface area contributed by atoms with Crippen LogP contribution in [-0.4, -0.2) is 23.5 Å². The molecule has 1 atom stereocenters. The van der Waals surface area contributed by atoms with Crippen LogP contribution in [0, 0.1) is 5.92 Å². The standard InChI is InChI=1S/C12H16F3N3OS.ClH/c13-12(14,15)11-18-9(6-20-11)10(19)17-8(5-16)7-3-1-2-4-7;/h6-8H,1-5,16H2,(H,17,19);1H/t8-;/m0./s1. The molecule has 0 bridgehead atoms. The number of thiazole rings is 1. The van der Waals surface area contributed by atoms with Crippen LogP contribution >= 0.6 is 23.7 Å². The van der Waals surface area contributed by atoms with Gasteiger partial charge < -0.3 is 11.1 Å². The van der Waals surface area contributed by atoms with Gasteiger partial charge in [0.05, 0.1) is 0 Å². The molecule has 1 aliphatic carbocycles. The number of nitrogens with one attached hydrogen (secondary N) is 1. The van der Waals surface area contributed by atoms with Gasteiger partial charge in [0.1, 0.15) is 5.69 Å². The van der Waals surface area contributed by atoms with Crippen LogP contribution < -0.4 is 11.1 Å². The molecule has 0 aromatic carbocycles. The molecule has 4 nitrogen and oxygen atoms in total. The summed E-state index contributed by atoms with van der Waals surface area (Å²) in [5.74, 6) is -0.274. The van der Waals surface area contributed by atoms with E-state index in [0.717, 1.165) is 31.1 Å². The lowest BCUT2D eigenvalue weighted by Gasteiger charge is -2.22. The van der Waals surface area contributed by atoms with Crippen molar-refractivity contribution < 1.29 is 18.0 Å². The Morgan fingerprint density at radius 2 is 2.10 bits per heavy atom. The molecule has 1 fully saturated rings. The number of carbonyl (C=O) groups excluding carboxylic acids is 1. The zero-order valence-electron chi connectivity index (χ0n) is 11.2. The van der Waals surface area contributed by atoms with E-state index < -0.39 is 17.1 Å². The number of carbonyl (C=O) groups is 1. The molecule has 9 heteroatoms. The second-order valence-electron chi connectivity index (χ2n) is 4.90. The maximum absolute atomic E-state index is 12.4. The van der Waals surface area contributed by atoms with Gasteiger partial charge in [0.15, 0.2) is 5.01 Å². The molecule has 1 heterocycles. The quantitative estimate of drug-likeness (QED) is 0.883. The van der Waals surface area contributed by atoms with Gasteiger partial charge in [0.25, 0.3) is 5.91 Å². The average Bonchev–Trinajstić information content (AvgIpc) is 3.04. The van der Waals surface area contributed by atoms with Gasteiger partial charge in [-0.3, -0.25) is 4.79 Å². The number of hydrogen-bond acceptors (Lipinski definition) is 4. The number of alkyl halides is 3. The van der Waals surface area contributed by atoms with Gasteiger partial charge in [-0.05, 0) is 18.8 Å². The third-order valence-corrected chi connectivity index (χ3v) is 4.41. The molecule has 0 aliphatic heterocycles. The van der Waals surface area contributed by atoms with E-state index in [1.165, 1.54) is 0 Å². The second kappa shape index (κ2) is 7.42. The average molecular weight is 344 g/mol. The van der Waals surface area contributed by atoms with Crippen molar-refractivity contribution in [3.05, 3.63) is 16.1 Å². The molecule has 1 aliphatic rings. The summed E-state index contributed by atoms with van der Waals surface area (Å²) >= 11 is 0.424. The van der Waals surface area contributed by atoms with Crippen LogP contribution in [0.15, 0.2) is 5.38 Å². The zero-order valence-corrected chi connectivity index (χ0v) is 12.8. The maximum atomic E-state index is 12.4. The van der Waals surface area contributed by atoms with E-state index in [9.17, 15) is 18.0 Å². The lowest BCUT2D eigenvalue weighted by Crippen LogP contribution is -2.44. The second-order valence-corrected chi connectivity index (χ2v) is 5.75. The smallest absolute Gasteiger partial charge is 0.346 e. The molecule has 0 saturated heterocycles. The summed E-state index contributed by atoms with van der Waals surface area (Å²) < 4.78 is 37.3. The molecule has 1 aromatic heterocycles. The van der Waals surface area contributed by atoms with Crippen LogP contribution in [0.2, 0.25) is 0 Å². The van der Waals surface area contributed by atoms with Crippen molar-refractivity contribution in [3.63, 3.8) is 0 Å². The van der Waals surface area contributed by atoms with Gasteiger partial charge in [-0.1, -0.05) is 12.8 Å². The summed E-state index contributed by atoms with van der Waals surface area (Å²) in [4.78, 5) is 15.3. The molecule has 3 N–H and O–H groups in total. The van der Waals surface area contributed by atoms with Crippen molar-refractivity contribution in [2.45, 2.75) is 37.9 Å². The summed E-state index contributed by atoms with van der Waals surface area (Å²) in [6, 6.07) is -0.193. The van der Waals surface area contributed by atoms with Gasteiger partial charge in [-0.25, -0.2) is 4.98 Å². The number of aromatic nitrogens is 1. The van der Waals surface area contributed by atoms with E-state index >= 15 is 0 Å². The first-order chi connectivity index (χ1) is 9.41. The first-order valence-electron chi connectivity index (χ1n) is 6.45. The molecular weight excluding hydrogens is 327 g/mol. The fourth-order valence-electron chi connectivity index (χ4n) is 2.48. The highest BCUT2D eigenvalue weighted by molar-refractivity contribution is 7.09. The summed E-state index contributed by atoms with van der Waals surface area (Å²) in [5.41, 5.74) is 5.45. The van der Waals surface area contributed by atoms with Crippen LogP contribution in [0.3, 0.4) is 0 Å². The number of amides is 1. The lowest BCUT2D eigenvalue weighted by molar-refractivity contribution is -0.137. The van der Waals surface area contributed by atoms with E-state index in [-0.39, 0.29) is 30.7 Å². The topological polar surface area (TPSA) is 68.0 Å². The Balaban J connectivity index is 0.00000220. The van der Waals surface area contributed by atoms with Crippen LogP contribution in [0.5, 0.6) is 0 Å². The van der Waals surface area contributed by atoms with Gasteiger partial charge in [0.2, 0.25) is 0 Å². The van der Waals surface area contributed by atoms with Crippen LogP contribution in [0.25, 0.3) is 0 Å². The molecule has 0 spiro atoms. The molecule has 21 heavy (non-hydrogen) atoms. The molecule has 1 saturated carbocycles. The number of rotatable bonds is 4. The van der Waals surface area contributed by atoms with Crippen molar-refractivity contribution in [1.82, 2.24) is 10.3 Å². The highest BCUT2D eigenvalue weighted by atomic mass is 35.5. The van der Waals surface area contributed by atoms with Gasteiger partial charge in [0, 0.05) is 18.0 Å². The number of halogens is 4. The minimum absolute atomic E-state index is 0. The number of hydrogen-bond donors (Lipinski definition) is 2. The third-order valence-electron chi connectivity index (χ3n) is 3.52. The van der Waals surface area contributed by atoms with Crippen molar-refractivity contribution in [2.75, 3.05) is 6.54 Å². The van der Waals surface area contributed by atoms with Crippen molar-refractivity contribution in [3.8, 4) is 0 Å². The molecule has 1 amide bonds. The predicted octanol–water partition coefficient (Wildman–Crippen LogP) is 2.83. The third kappa shape index (κ3) is 4.55. The Bertz CT molecular complexity index is 475. The van der Waals surface area contributed by atoms with Gasteiger partial charge in [-0.15, -0.1) is 23.7 Å². The minimum Gasteiger partial charge on any atom is -0.346 e. The molecule has 0 unspecified atom stereocenters. The molecule has 120 valence electrons. The van der Waals surface area contributed by atoms with E-state index in [4.69, 9.17) is 5.73 Å². The van der Waals surface area contributed by atoms with Crippen LogP contribution in [0.4, 0.5) is 13.2 Å². The first kappa shape index (κ1) is 18.2. The normalized spacial score (nSPS) is 17.3. The Hall–Kier alpha value is -0.860. The largest absolute Gasteiger partial charge is 0.443 e. The minimum atomic E-state index is -4.51. The fraction of sp³-hybridized carbons (Fsp3) is 0.667. The van der Waals surface area contributed by atoms with Crippen molar-refractivity contribution in [2.24, 2.45) is 11.7 Å². The highest BCUT2D eigenvalue weighted by Gasteiger charge is 2.35. The van der Waals surface area contributed by atoms with Gasteiger partial charge >= 0.3 is 6.18 Å². The summed E-state index contributed by atoms with van der Waals surface area (Å²) in [5, 5.41) is 2.82. The SMILES string of the molecule is Cl.NC[C@H](NC(=O)c1csc(C(F)(F)F)n1)C1CCCC1. The number of nitrogens with two attached hydrogens (primary N) is 1. The molecule has 1 aromatic rings. The Morgan fingerprint density at radius 3 is 2.57 bits per heavy atom. The Kier molecular flexibility index (Phi) is 6.42. The molecular formula is C12H17ClF3N3OS.